The summed E-state index contributed by atoms with van der Waals surface area (Å²) in [6, 6.07) is 0. The fourth-order valence-corrected chi connectivity index (χ4v) is 3.15. The van der Waals surface area contributed by atoms with E-state index < -0.39 is 72.7 Å². The Morgan fingerprint density at radius 1 is 0.524 bits per heavy atom. The first-order valence-corrected chi connectivity index (χ1v) is 14.3. The molecule has 0 aromatic heterocycles. The molecule has 12 heteroatoms. The average molecular weight is 599 g/mol. The zero-order valence-electron chi connectivity index (χ0n) is 25.7. The summed E-state index contributed by atoms with van der Waals surface area (Å²) in [5.74, 6) is -7.74. The first-order chi connectivity index (χ1) is 19.8. The van der Waals surface area contributed by atoms with Crippen molar-refractivity contribution in [1.82, 2.24) is 0 Å². The van der Waals surface area contributed by atoms with Crippen LogP contribution < -0.4 is 0 Å². The van der Waals surface area contributed by atoms with Crippen molar-refractivity contribution < 1.29 is 57.2 Å². The van der Waals surface area contributed by atoms with Crippen molar-refractivity contribution in [2.24, 2.45) is 11.8 Å². The molecule has 0 aromatic rings. The van der Waals surface area contributed by atoms with Gasteiger partial charge in [-0.3, -0.25) is 19.2 Å². The number of ether oxygens (including phenoxy) is 6. The van der Waals surface area contributed by atoms with Crippen molar-refractivity contribution in [3.63, 3.8) is 0 Å². The molecule has 12 nitrogen and oxygen atoms in total. The van der Waals surface area contributed by atoms with Crippen LogP contribution in [-0.2, 0) is 57.2 Å². The van der Waals surface area contributed by atoms with Crippen LogP contribution in [0.3, 0.4) is 0 Å². The summed E-state index contributed by atoms with van der Waals surface area (Å²) in [5.41, 5.74) is -0.660. The third-order valence-corrected chi connectivity index (χ3v) is 5.75. The predicted octanol–water partition coefficient (Wildman–Crippen LogP) is 3.79. The Hall–Kier alpha value is -3.70. The van der Waals surface area contributed by atoms with Crippen molar-refractivity contribution in [3.8, 4) is 0 Å². The summed E-state index contributed by atoms with van der Waals surface area (Å²) in [7, 11) is 0. The first kappa shape index (κ1) is 38.3. The Morgan fingerprint density at radius 3 is 1.10 bits per heavy atom. The largest absolute Gasteiger partial charge is 0.466 e. The maximum atomic E-state index is 12.8. The lowest BCUT2D eigenvalue weighted by Gasteiger charge is -2.24. The lowest BCUT2D eigenvalue weighted by Crippen LogP contribution is -2.35. The molecule has 0 radical (unpaired) electrons. The molecule has 4 atom stereocenters. The van der Waals surface area contributed by atoms with E-state index >= 15 is 0 Å². The van der Waals surface area contributed by atoms with E-state index in [1.807, 2.05) is 0 Å². The summed E-state index contributed by atoms with van der Waals surface area (Å²) in [6.07, 6.45) is -0.837. The Kier molecular flexibility index (Phi) is 19.2. The van der Waals surface area contributed by atoms with Crippen molar-refractivity contribution >= 4 is 35.8 Å². The molecule has 0 rings (SSSR count). The molecule has 0 aliphatic heterocycles. The van der Waals surface area contributed by atoms with Gasteiger partial charge in [0.15, 0.2) is 0 Å². The quantitative estimate of drug-likeness (QED) is 0.107. The Labute approximate surface area is 248 Å². The standard InChI is InChI=1S/C30H46O12/c1-9-13-37-25(31)17-23(29(35)39-15-11-3)19(5)27(33)41-21(7)22(8)42-28(34)20(6)24(30(36)40-16-12-4)18-26(32)38-14-10-2/h21-24H,5-6,9-18H2,1-4,7-8H3. The monoisotopic (exact) mass is 598 g/mol. The van der Waals surface area contributed by atoms with Crippen LogP contribution in [-0.4, -0.2) is 74.5 Å². The normalized spacial score (nSPS) is 13.4. The SMILES string of the molecule is C=C(C(=O)OC(C)C(C)OC(=O)C(=C)C(CC(=O)OCCC)C(=O)OCCC)C(CC(=O)OCCC)C(=O)OCCC. The highest BCUT2D eigenvalue weighted by molar-refractivity contribution is 5.98. The molecule has 0 spiro atoms. The second-order valence-electron chi connectivity index (χ2n) is 9.56. The average Bonchev–Trinajstić information content (AvgIpc) is 2.96. The molecule has 42 heavy (non-hydrogen) atoms. The van der Waals surface area contributed by atoms with Gasteiger partial charge in [-0.1, -0.05) is 40.9 Å². The zero-order valence-corrected chi connectivity index (χ0v) is 25.7. The molecular weight excluding hydrogens is 552 g/mol. The summed E-state index contributed by atoms with van der Waals surface area (Å²) < 4.78 is 31.0. The lowest BCUT2D eigenvalue weighted by atomic mass is 9.96. The Morgan fingerprint density at radius 2 is 0.810 bits per heavy atom. The topological polar surface area (TPSA) is 158 Å². The first-order valence-electron chi connectivity index (χ1n) is 14.3. The Balaban J connectivity index is 5.46. The van der Waals surface area contributed by atoms with Gasteiger partial charge in [0.25, 0.3) is 0 Å². The van der Waals surface area contributed by atoms with Crippen LogP contribution >= 0.6 is 0 Å². The number of hydrogen-bond acceptors (Lipinski definition) is 12. The maximum absolute atomic E-state index is 12.8. The minimum atomic E-state index is -1.33. The van der Waals surface area contributed by atoms with Gasteiger partial charge in [-0.15, -0.1) is 0 Å². The van der Waals surface area contributed by atoms with Gasteiger partial charge in [0.1, 0.15) is 12.2 Å². The minimum Gasteiger partial charge on any atom is -0.466 e. The van der Waals surface area contributed by atoms with E-state index in [0.717, 1.165) is 0 Å². The van der Waals surface area contributed by atoms with Crippen LogP contribution in [0.25, 0.3) is 0 Å². The van der Waals surface area contributed by atoms with Crippen LogP contribution in [0.2, 0.25) is 0 Å². The summed E-state index contributed by atoms with van der Waals surface area (Å²) in [4.78, 5) is 75.2. The van der Waals surface area contributed by atoms with Crippen LogP contribution in [0.1, 0.15) is 80.1 Å². The number of esters is 6. The number of carbonyl (C=O) groups is 6. The fraction of sp³-hybridized carbons (Fsp3) is 0.667. The zero-order chi connectivity index (χ0) is 32.2. The highest BCUT2D eigenvalue weighted by atomic mass is 16.6. The van der Waals surface area contributed by atoms with Crippen molar-refractivity contribution in [2.75, 3.05) is 26.4 Å². The smallest absolute Gasteiger partial charge is 0.334 e. The molecule has 0 aromatic carbocycles. The van der Waals surface area contributed by atoms with Gasteiger partial charge >= 0.3 is 35.8 Å². The van der Waals surface area contributed by atoms with E-state index in [4.69, 9.17) is 28.4 Å². The molecule has 0 aliphatic rings. The minimum absolute atomic E-state index is 0.0816. The van der Waals surface area contributed by atoms with E-state index in [9.17, 15) is 28.8 Å². The molecule has 238 valence electrons. The molecule has 0 amide bonds. The van der Waals surface area contributed by atoms with Crippen molar-refractivity contribution in [1.29, 1.82) is 0 Å². The maximum Gasteiger partial charge on any atom is 0.334 e. The van der Waals surface area contributed by atoms with Crippen molar-refractivity contribution in [3.05, 3.63) is 24.3 Å². The number of rotatable bonds is 21. The third-order valence-electron chi connectivity index (χ3n) is 5.75. The molecule has 4 unspecified atom stereocenters. The molecule has 0 heterocycles. The lowest BCUT2D eigenvalue weighted by molar-refractivity contribution is -0.164. The summed E-state index contributed by atoms with van der Waals surface area (Å²) >= 11 is 0. The van der Waals surface area contributed by atoms with E-state index in [2.05, 4.69) is 13.2 Å². The van der Waals surface area contributed by atoms with Gasteiger partial charge in [0.2, 0.25) is 0 Å². The van der Waals surface area contributed by atoms with E-state index in [-0.39, 0.29) is 37.6 Å². The third kappa shape index (κ3) is 14.3. The van der Waals surface area contributed by atoms with Crippen molar-refractivity contribution in [2.45, 2.75) is 92.3 Å². The van der Waals surface area contributed by atoms with Gasteiger partial charge in [0, 0.05) is 11.1 Å². The number of carbonyl (C=O) groups excluding carboxylic acids is 6. The van der Waals surface area contributed by atoms with E-state index in [1.165, 1.54) is 13.8 Å². The van der Waals surface area contributed by atoms with Gasteiger partial charge in [0.05, 0.1) is 51.1 Å². The molecule has 0 fully saturated rings. The second-order valence-corrected chi connectivity index (χ2v) is 9.56. The van der Waals surface area contributed by atoms with Crippen LogP contribution in [0.4, 0.5) is 0 Å². The van der Waals surface area contributed by atoms with Gasteiger partial charge in [-0.2, -0.15) is 0 Å². The van der Waals surface area contributed by atoms with Gasteiger partial charge in [-0.05, 0) is 39.5 Å². The fourth-order valence-electron chi connectivity index (χ4n) is 3.15. The van der Waals surface area contributed by atoms with E-state index in [1.54, 1.807) is 27.7 Å². The highest BCUT2D eigenvalue weighted by Gasteiger charge is 2.35. The highest BCUT2D eigenvalue weighted by Crippen LogP contribution is 2.22. The molecule has 0 saturated heterocycles. The molecule has 0 saturated carbocycles. The summed E-state index contributed by atoms with van der Waals surface area (Å²) in [6.45, 7) is 17.8. The van der Waals surface area contributed by atoms with Crippen LogP contribution in [0, 0.1) is 11.8 Å². The van der Waals surface area contributed by atoms with Crippen LogP contribution in [0.15, 0.2) is 24.3 Å². The molecule has 0 N–H and O–H groups in total. The second kappa shape index (κ2) is 21.1. The summed E-state index contributed by atoms with van der Waals surface area (Å²) in [5, 5.41) is 0. The van der Waals surface area contributed by atoms with Crippen LogP contribution in [0.5, 0.6) is 0 Å². The molecule has 0 aliphatic carbocycles. The Bertz CT molecular complexity index is 878. The molecular formula is C30H46O12. The number of hydrogen-bond donors (Lipinski definition) is 0. The predicted molar refractivity (Wildman–Crippen MR) is 151 cm³/mol. The molecule has 0 bridgehead atoms. The van der Waals surface area contributed by atoms with Gasteiger partial charge < -0.3 is 28.4 Å². The van der Waals surface area contributed by atoms with E-state index in [0.29, 0.717) is 25.7 Å². The van der Waals surface area contributed by atoms with Gasteiger partial charge in [-0.25, -0.2) is 9.59 Å².